The Hall–Kier alpha value is -3.47. The highest BCUT2D eigenvalue weighted by Crippen LogP contribution is 2.30. The average Bonchev–Trinajstić information content (AvgIpc) is 2.84. The van der Waals surface area contributed by atoms with Gasteiger partial charge in [-0.2, -0.15) is 5.26 Å². The van der Waals surface area contributed by atoms with Crippen LogP contribution in [0.5, 0.6) is 0 Å². The van der Waals surface area contributed by atoms with Crippen molar-refractivity contribution in [3.8, 4) is 28.5 Å². The van der Waals surface area contributed by atoms with Crippen LogP contribution in [0, 0.1) is 11.3 Å². The summed E-state index contributed by atoms with van der Waals surface area (Å²) < 4.78 is 0. The van der Waals surface area contributed by atoms with Crippen molar-refractivity contribution in [2.45, 2.75) is 25.3 Å². The van der Waals surface area contributed by atoms with Crippen molar-refractivity contribution in [3.63, 3.8) is 0 Å². The molecule has 164 valence electrons. The van der Waals surface area contributed by atoms with Gasteiger partial charge in [-0.1, -0.05) is 36.4 Å². The van der Waals surface area contributed by atoms with Gasteiger partial charge in [0.25, 0.3) is 5.56 Å². The monoisotopic (exact) mass is 429 g/mol. The van der Waals surface area contributed by atoms with E-state index >= 15 is 0 Å². The van der Waals surface area contributed by atoms with E-state index in [1.54, 1.807) is 12.1 Å². The van der Waals surface area contributed by atoms with Gasteiger partial charge in [0.05, 0.1) is 22.9 Å². The molecule has 32 heavy (non-hydrogen) atoms. The van der Waals surface area contributed by atoms with E-state index in [2.05, 4.69) is 21.3 Å². The predicted octanol–water partition coefficient (Wildman–Crippen LogP) is 2.70. The maximum atomic E-state index is 13.3. The molecule has 7 nitrogen and oxygen atoms in total. The van der Waals surface area contributed by atoms with Gasteiger partial charge in [0.15, 0.2) is 0 Å². The molecule has 1 saturated heterocycles. The smallest absolute Gasteiger partial charge is 0.260 e. The number of piperidine rings is 1. The summed E-state index contributed by atoms with van der Waals surface area (Å²) in [5.74, 6) is 0.574. The van der Waals surface area contributed by atoms with Gasteiger partial charge in [0.2, 0.25) is 5.95 Å². The number of nitriles is 1. The Morgan fingerprint density at radius 2 is 1.78 bits per heavy atom. The molecule has 2 aromatic carbocycles. The van der Waals surface area contributed by atoms with Crippen LogP contribution < -0.4 is 15.8 Å². The van der Waals surface area contributed by atoms with Crippen LogP contribution in [0.3, 0.4) is 0 Å². The number of rotatable bonds is 6. The van der Waals surface area contributed by atoms with Crippen LogP contribution in [0.15, 0.2) is 53.3 Å². The third kappa shape index (κ3) is 4.57. The molecule has 1 aliphatic heterocycles. The summed E-state index contributed by atoms with van der Waals surface area (Å²) >= 11 is 0. The highest BCUT2D eigenvalue weighted by Gasteiger charge is 2.22. The molecule has 0 saturated carbocycles. The SMILES string of the molecule is CNC1CCN(c2nc(-c3ccc(C#N)cc3)c(-c3ccc(CCO)cc3)c(=O)[nH]2)CC1. The molecule has 0 bridgehead atoms. The van der Waals surface area contributed by atoms with Crippen LogP contribution in [0.2, 0.25) is 0 Å². The lowest BCUT2D eigenvalue weighted by atomic mass is 9.98. The largest absolute Gasteiger partial charge is 0.396 e. The van der Waals surface area contributed by atoms with Crippen LogP contribution >= 0.6 is 0 Å². The topological polar surface area (TPSA) is 105 Å². The summed E-state index contributed by atoms with van der Waals surface area (Å²) in [4.78, 5) is 23.3. The van der Waals surface area contributed by atoms with Crippen molar-refractivity contribution in [2.75, 3.05) is 31.6 Å². The van der Waals surface area contributed by atoms with Crippen LogP contribution in [0.4, 0.5) is 5.95 Å². The zero-order valence-electron chi connectivity index (χ0n) is 18.1. The maximum absolute atomic E-state index is 13.3. The van der Waals surface area contributed by atoms with E-state index in [9.17, 15) is 9.90 Å². The van der Waals surface area contributed by atoms with Gasteiger partial charge < -0.3 is 15.3 Å². The molecule has 4 rings (SSSR count). The first-order valence-electron chi connectivity index (χ1n) is 10.9. The summed E-state index contributed by atoms with van der Waals surface area (Å²) in [6.45, 7) is 1.71. The maximum Gasteiger partial charge on any atom is 0.260 e. The van der Waals surface area contributed by atoms with Crippen molar-refractivity contribution < 1.29 is 5.11 Å². The van der Waals surface area contributed by atoms with E-state index in [1.807, 2.05) is 43.4 Å². The average molecular weight is 430 g/mol. The number of aromatic nitrogens is 2. The Morgan fingerprint density at radius 1 is 1.12 bits per heavy atom. The number of benzene rings is 2. The fraction of sp³-hybridized carbons (Fsp3) is 0.320. The first kappa shape index (κ1) is 21.8. The third-order valence-electron chi connectivity index (χ3n) is 6.04. The van der Waals surface area contributed by atoms with Gasteiger partial charge in [-0.25, -0.2) is 4.98 Å². The Balaban J connectivity index is 1.79. The van der Waals surface area contributed by atoms with Crippen molar-refractivity contribution in [1.29, 1.82) is 5.26 Å². The van der Waals surface area contributed by atoms with E-state index in [1.165, 1.54) is 0 Å². The Bertz CT molecular complexity index is 1150. The zero-order chi connectivity index (χ0) is 22.5. The lowest BCUT2D eigenvalue weighted by molar-refractivity contribution is 0.299. The number of aliphatic hydroxyl groups excluding tert-OH is 1. The first-order chi connectivity index (χ1) is 15.6. The van der Waals surface area contributed by atoms with Crippen LogP contribution in [-0.2, 0) is 6.42 Å². The second kappa shape index (κ2) is 9.77. The number of nitrogens with zero attached hydrogens (tertiary/aromatic N) is 3. The summed E-state index contributed by atoms with van der Waals surface area (Å²) in [6.07, 6.45) is 2.54. The van der Waals surface area contributed by atoms with Crippen molar-refractivity contribution in [3.05, 3.63) is 70.0 Å². The number of anilines is 1. The molecule has 1 aliphatic rings. The molecule has 0 atom stereocenters. The Kier molecular flexibility index (Phi) is 6.64. The van der Waals surface area contributed by atoms with E-state index in [4.69, 9.17) is 10.2 Å². The number of H-pyrrole nitrogens is 1. The minimum Gasteiger partial charge on any atom is -0.396 e. The Labute approximate surface area is 187 Å². The van der Waals surface area contributed by atoms with Crippen molar-refractivity contribution in [1.82, 2.24) is 15.3 Å². The number of hydrogen-bond acceptors (Lipinski definition) is 6. The lowest BCUT2D eigenvalue weighted by Gasteiger charge is -2.32. The highest BCUT2D eigenvalue weighted by atomic mass is 16.3. The predicted molar refractivity (Wildman–Crippen MR) is 126 cm³/mol. The van der Waals surface area contributed by atoms with E-state index < -0.39 is 0 Å². The molecule has 0 amide bonds. The van der Waals surface area contributed by atoms with Crippen LogP contribution in [0.1, 0.15) is 24.0 Å². The minimum absolute atomic E-state index is 0.0803. The zero-order valence-corrected chi connectivity index (χ0v) is 18.1. The molecule has 3 N–H and O–H groups in total. The second-order valence-electron chi connectivity index (χ2n) is 8.02. The lowest BCUT2D eigenvalue weighted by Crippen LogP contribution is -2.42. The molecule has 3 aromatic rings. The summed E-state index contributed by atoms with van der Waals surface area (Å²) in [7, 11) is 1.98. The molecule has 0 aliphatic carbocycles. The second-order valence-corrected chi connectivity index (χ2v) is 8.02. The standard InChI is InChI=1S/C25H27N5O2/c1-27-21-10-13-30(14-11-21)25-28-23(20-8-4-18(16-26)5-9-20)22(24(32)29-25)19-6-2-17(3-7-19)12-15-31/h2-9,21,27,31H,10-15H2,1H3,(H,28,29,32). The fourth-order valence-electron chi connectivity index (χ4n) is 4.14. The molecular formula is C25H27N5O2. The van der Waals surface area contributed by atoms with Crippen molar-refractivity contribution >= 4 is 5.95 Å². The quantitative estimate of drug-likeness (QED) is 0.556. The van der Waals surface area contributed by atoms with E-state index in [0.29, 0.717) is 35.2 Å². The molecule has 7 heteroatoms. The van der Waals surface area contributed by atoms with Gasteiger partial charge in [0.1, 0.15) is 0 Å². The molecule has 2 heterocycles. The van der Waals surface area contributed by atoms with Crippen molar-refractivity contribution in [2.24, 2.45) is 0 Å². The van der Waals surface area contributed by atoms with Gasteiger partial charge in [-0.3, -0.25) is 9.78 Å². The molecule has 0 unspecified atom stereocenters. The molecule has 1 aromatic heterocycles. The Morgan fingerprint density at radius 3 is 2.38 bits per heavy atom. The fourth-order valence-corrected chi connectivity index (χ4v) is 4.14. The minimum atomic E-state index is -0.194. The van der Waals surface area contributed by atoms with Crippen LogP contribution in [-0.4, -0.2) is 47.9 Å². The van der Waals surface area contributed by atoms with Crippen LogP contribution in [0.25, 0.3) is 22.4 Å². The summed E-state index contributed by atoms with van der Waals surface area (Å²) in [5, 5.41) is 21.6. The van der Waals surface area contributed by atoms with E-state index in [0.717, 1.165) is 42.6 Å². The molecule has 1 fully saturated rings. The summed E-state index contributed by atoms with van der Waals surface area (Å²) in [5.41, 5.74) is 4.02. The number of nitrogens with one attached hydrogen (secondary N) is 2. The highest BCUT2D eigenvalue weighted by molar-refractivity contribution is 5.81. The number of aromatic amines is 1. The van der Waals surface area contributed by atoms with Gasteiger partial charge in [0, 0.05) is 31.3 Å². The molecule has 0 spiro atoms. The number of aliphatic hydroxyl groups is 1. The summed E-state index contributed by atoms with van der Waals surface area (Å²) in [6, 6.07) is 17.4. The molecule has 0 radical (unpaired) electrons. The first-order valence-corrected chi connectivity index (χ1v) is 10.9. The van der Waals surface area contributed by atoms with E-state index in [-0.39, 0.29) is 12.2 Å². The van der Waals surface area contributed by atoms with Gasteiger partial charge in [-0.15, -0.1) is 0 Å². The third-order valence-corrected chi connectivity index (χ3v) is 6.04. The normalized spacial score (nSPS) is 14.3. The van der Waals surface area contributed by atoms with Gasteiger partial charge in [-0.05, 0) is 49.6 Å². The number of hydrogen-bond donors (Lipinski definition) is 3. The van der Waals surface area contributed by atoms with Gasteiger partial charge >= 0.3 is 0 Å². The molecular weight excluding hydrogens is 402 g/mol.